The van der Waals surface area contributed by atoms with Gasteiger partial charge in [0, 0.05) is 11.6 Å². The Bertz CT molecular complexity index is 708. The highest BCUT2D eigenvalue weighted by Crippen LogP contribution is 2.27. The van der Waals surface area contributed by atoms with Gasteiger partial charge in [0.1, 0.15) is 5.82 Å². The second-order valence-electron chi connectivity index (χ2n) is 4.57. The Balaban J connectivity index is 2.36. The Hall–Kier alpha value is -2.09. The summed E-state index contributed by atoms with van der Waals surface area (Å²) in [6.07, 6.45) is 0. The van der Waals surface area contributed by atoms with Crippen LogP contribution in [0.1, 0.15) is 21.2 Å². The number of hydrogen-bond acceptors (Lipinski definition) is 1. The lowest BCUT2D eigenvalue weighted by molar-refractivity contribution is 0.624. The number of hydrogen-bond donors (Lipinski definition) is 0. The van der Waals surface area contributed by atoms with Crippen LogP contribution in [0.3, 0.4) is 0 Å². The molecule has 3 aromatic rings. The van der Waals surface area contributed by atoms with Gasteiger partial charge in [0.2, 0.25) is 0 Å². The molecule has 0 amide bonds. The molecule has 0 unspecified atom stereocenters. The molecule has 0 aliphatic rings. The molecule has 0 fully saturated rings. The van der Waals surface area contributed by atoms with Crippen molar-refractivity contribution in [3.8, 4) is 11.4 Å². The number of para-hydroxylation sites is 2. The molecule has 2 heteroatoms. The molecule has 1 heterocycles. The van der Waals surface area contributed by atoms with Gasteiger partial charge in [-0.3, -0.25) is 0 Å². The SMILES string of the molecule is [2H]C(C)(C)n1c(-c2ccccc2)nc2ccccc21. The fourth-order valence-corrected chi connectivity index (χ4v) is 2.26. The molecule has 1 aromatic heterocycles. The first kappa shape index (κ1) is 9.89. The maximum atomic E-state index is 8.38. The average molecular weight is 237 g/mol. The van der Waals surface area contributed by atoms with E-state index in [1.807, 2.05) is 73.0 Å². The van der Waals surface area contributed by atoms with Gasteiger partial charge in [0.05, 0.1) is 12.4 Å². The first-order chi connectivity index (χ1) is 9.07. The zero-order chi connectivity index (χ0) is 13.5. The van der Waals surface area contributed by atoms with Crippen molar-refractivity contribution >= 4 is 11.0 Å². The van der Waals surface area contributed by atoms with Crippen molar-refractivity contribution in [2.24, 2.45) is 0 Å². The summed E-state index contributed by atoms with van der Waals surface area (Å²) < 4.78 is 10.4. The third kappa shape index (κ3) is 1.70. The third-order valence-electron chi connectivity index (χ3n) is 3.04. The van der Waals surface area contributed by atoms with Gasteiger partial charge in [0.15, 0.2) is 0 Å². The molecule has 3 rings (SSSR count). The van der Waals surface area contributed by atoms with Crippen molar-refractivity contribution in [3.63, 3.8) is 0 Å². The second kappa shape index (κ2) is 4.30. The van der Waals surface area contributed by atoms with Crippen LogP contribution in [0.2, 0.25) is 0 Å². The molecule has 0 N–H and O–H groups in total. The smallest absolute Gasteiger partial charge is 0.141 e. The Morgan fingerprint density at radius 3 is 2.39 bits per heavy atom. The van der Waals surface area contributed by atoms with Crippen LogP contribution in [0.25, 0.3) is 22.4 Å². The van der Waals surface area contributed by atoms with Gasteiger partial charge in [-0.05, 0) is 26.0 Å². The van der Waals surface area contributed by atoms with Crippen LogP contribution in [0, 0.1) is 0 Å². The first-order valence-electron chi connectivity index (χ1n) is 6.61. The summed E-state index contributed by atoms with van der Waals surface area (Å²) in [5.74, 6) is 0.849. The number of nitrogens with zero attached hydrogens (tertiary/aromatic N) is 2. The predicted octanol–water partition coefficient (Wildman–Crippen LogP) is 4.28. The summed E-state index contributed by atoms with van der Waals surface area (Å²) in [4.78, 5) is 4.69. The van der Waals surface area contributed by atoms with Crippen LogP contribution >= 0.6 is 0 Å². The Morgan fingerprint density at radius 1 is 1.00 bits per heavy atom. The Labute approximate surface area is 108 Å². The van der Waals surface area contributed by atoms with Crippen LogP contribution in [0.15, 0.2) is 54.6 Å². The fourth-order valence-electron chi connectivity index (χ4n) is 2.26. The number of imidazole rings is 1. The molecule has 2 nitrogen and oxygen atoms in total. The minimum absolute atomic E-state index is 0.749. The van der Waals surface area contributed by atoms with Gasteiger partial charge in [-0.1, -0.05) is 42.5 Å². The van der Waals surface area contributed by atoms with E-state index in [0.717, 1.165) is 22.4 Å². The van der Waals surface area contributed by atoms with Gasteiger partial charge in [0.25, 0.3) is 0 Å². The maximum absolute atomic E-state index is 8.38. The quantitative estimate of drug-likeness (QED) is 0.650. The normalized spacial score (nSPS) is 12.7. The van der Waals surface area contributed by atoms with Crippen molar-refractivity contribution in [2.75, 3.05) is 0 Å². The van der Waals surface area contributed by atoms with E-state index in [0.29, 0.717) is 0 Å². The van der Waals surface area contributed by atoms with E-state index < -0.39 is 6.02 Å². The zero-order valence-corrected chi connectivity index (χ0v) is 10.6. The highest BCUT2D eigenvalue weighted by Gasteiger charge is 2.13. The highest BCUT2D eigenvalue weighted by atomic mass is 15.1. The van der Waals surface area contributed by atoms with Crippen molar-refractivity contribution in [1.82, 2.24) is 9.55 Å². The minimum Gasteiger partial charge on any atom is -0.321 e. The van der Waals surface area contributed by atoms with Gasteiger partial charge < -0.3 is 4.57 Å². The predicted molar refractivity (Wildman–Crippen MR) is 75.6 cm³/mol. The summed E-state index contributed by atoms with van der Waals surface area (Å²) in [5, 5.41) is 0. The molecule has 0 atom stereocenters. The molecule has 0 saturated heterocycles. The molecule has 0 saturated carbocycles. The van der Waals surface area contributed by atoms with Crippen molar-refractivity contribution in [1.29, 1.82) is 0 Å². The molecule has 90 valence electrons. The molecule has 18 heavy (non-hydrogen) atoms. The van der Waals surface area contributed by atoms with E-state index in [1.54, 1.807) is 0 Å². The average Bonchev–Trinajstić information content (AvgIpc) is 2.79. The largest absolute Gasteiger partial charge is 0.321 e. The maximum Gasteiger partial charge on any atom is 0.141 e. The Kier molecular flexibility index (Phi) is 2.36. The van der Waals surface area contributed by atoms with Crippen LogP contribution in [0.4, 0.5) is 0 Å². The summed E-state index contributed by atoms with van der Waals surface area (Å²) in [6.45, 7) is 3.76. The second-order valence-corrected chi connectivity index (χ2v) is 4.57. The molecule has 2 aromatic carbocycles. The van der Waals surface area contributed by atoms with Crippen LogP contribution < -0.4 is 0 Å². The van der Waals surface area contributed by atoms with Gasteiger partial charge in [-0.15, -0.1) is 0 Å². The summed E-state index contributed by atoms with van der Waals surface area (Å²) in [6, 6.07) is 17.3. The first-order valence-corrected chi connectivity index (χ1v) is 6.11. The van der Waals surface area contributed by atoms with E-state index in [4.69, 9.17) is 6.35 Å². The Morgan fingerprint density at radius 2 is 1.67 bits per heavy atom. The van der Waals surface area contributed by atoms with Crippen molar-refractivity contribution in [3.05, 3.63) is 54.6 Å². The number of rotatable bonds is 2. The van der Waals surface area contributed by atoms with Crippen molar-refractivity contribution < 1.29 is 1.37 Å². The molecular formula is C16H16N2. The van der Waals surface area contributed by atoms with Crippen LogP contribution in [0.5, 0.6) is 0 Å². The van der Waals surface area contributed by atoms with Gasteiger partial charge in [-0.2, -0.15) is 0 Å². The zero-order valence-electron chi connectivity index (χ0n) is 11.6. The summed E-state index contributed by atoms with van der Waals surface area (Å²) in [7, 11) is 0. The number of aromatic nitrogens is 2. The van der Waals surface area contributed by atoms with E-state index in [9.17, 15) is 0 Å². The summed E-state index contributed by atoms with van der Waals surface area (Å²) >= 11 is 0. The van der Waals surface area contributed by atoms with Crippen LogP contribution in [-0.2, 0) is 0 Å². The molecule has 0 radical (unpaired) electrons. The summed E-state index contributed by atoms with van der Waals surface area (Å²) in [5.41, 5.74) is 2.97. The molecular weight excluding hydrogens is 220 g/mol. The fraction of sp³-hybridized carbons (Fsp3) is 0.188. The van der Waals surface area contributed by atoms with Gasteiger partial charge in [-0.25, -0.2) is 4.98 Å². The third-order valence-corrected chi connectivity index (χ3v) is 3.04. The highest BCUT2D eigenvalue weighted by molar-refractivity contribution is 5.80. The molecule has 0 aliphatic carbocycles. The van der Waals surface area contributed by atoms with Crippen molar-refractivity contribution in [2.45, 2.75) is 19.9 Å². The lowest BCUT2D eigenvalue weighted by Gasteiger charge is -2.12. The lowest BCUT2D eigenvalue weighted by Crippen LogP contribution is -2.02. The number of fused-ring (bicyclic) bond motifs is 1. The van der Waals surface area contributed by atoms with Crippen LogP contribution in [-0.4, -0.2) is 9.55 Å². The van der Waals surface area contributed by atoms with E-state index >= 15 is 0 Å². The van der Waals surface area contributed by atoms with E-state index in [1.165, 1.54) is 0 Å². The topological polar surface area (TPSA) is 17.8 Å². The molecule has 0 spiro atoms. The minimum atomic E-state index is -0.749. The molecule has 0 bridgehead atoms. The monoisotopic (exact) mass is 237 g/mol. The standard InChI is InChI=1S/C16H16N2/c1-12(2)18-15-11-7-6-10-14(15)17-16(18)13-8-4-3-5-9-13/h3-12H,1-2H3/i12D. The van der Waals surface area contributed by atoms with Gasteiger partial charge >= 0.3 is 0 Å². The molecule has 0 aliphatic heterocycles. The van der Waals surface area contributed by atoms with E-state index in [-0.39, 0.29) is 0 Å². The van der Waals surface area contributed by atoms with E-state index in [2.05, 4.69) is 0 Å². The number of benzene rings is 2. The lowest BCUT2D eigenvalue weighted by atomic mass is 10.2.